The lowest BCUT2D eigenvalue weighted by atomic mass is 9.98. The molecule has 0 aromatic heterocycles. The molecular formula is C14H12N2O. The zero-order valence-corrected chi connectivity index (χ0v) is 9.18. The number of hydrogen-bond acceptors (Lipinski definition) is 3. The van der Waals surface area contributed by atoms with Gasteiger partial charge in [-0.3, -0.25) is 0 Å². The molecule has 2 aromatic carbocycles. The summed E-state index contributed by atoms with van der Waals surface area (Å²) in [4.78, 5) is 11.3. The van der Waals surface area contributed by atoms with Crippen LogP contribution < -0.4 is 11.5 Å². The van der Waals surface area contributed by atoms with Crippen molar-refractivity contribution >= 4 is 17.7 Å². The lowest BCUT2D eigenvalue weighted by molar-refractivity contribution is -0.108. The van der Waals surface area contributed by atoms with Crippen molar-refractivity contribution in [1.82, 2.24) is 0 Å². The Hall–Kier alpha value is -2.29. The summed E-state index contributed by atoms with van der Waals surface area (Å²) in [7, 11) is 0. The molecule has 1 unspecified atom stereocenters. The van der Waals surface area contributed by atoms with Gasteiger partial charge in [0, 0.05) is 11.4 Å². The van der Waals surface area contributed by atoms with E-state index in [2.05, 4.69) is 0 Å². The van der Waals surface area contributed by atoms with Gasteiger partial charge in [-0.1, -0.05) is 12.1 Å². The first-order chi connectivity index (χ1) is 8.20. The Balaban J connectivity index is 2.33. The predicted molar refractivity (Wildman–Crippen MR) is 68.6 cm³/mol. The second kappa shape index (κ2) is 3.35. The lowest BCUT2D eigenvalue weighted by Crippen LogP contribution is -1.98. The second-order valence-corrected chi connectivity index (χ2v) is 4.31. The molecule has 2 aromatic rings. The van der Waals surface area contributed by atoms with Crippen molar-refractivity contribution in [3.8, 4) is 11.1 Å². The first kappa shape index (κ1) is 9.90. The highest BCUT2D eigenvalue weighted by Crippen LogP contribution is 2.45. The number of nitrogens with two attached hydrogens (primary N) is 2. The van der Waals surface area contributed by atoms with Crippen LogP contribution in [0.25, 0.3) is 11.1 Å². The number of fused-ring (bicyclic) bond motifs is 3. The number of anilines is 2. The molecule has 3 heteroatoms. The monoisotopic (exact) mass is 224 g/mol. The summed E-state index contributed by atoms with van der Waals surface area (Å²) < 4.78 is 0. The van der Waals surface area contributed by atoms with E-state index in [1.165, 1.54) is 0 Å². The average Bonchev–Trinajstić information content (AvgIpc) is 2.61. The summed E-state index contributed by atoms with van der Waals surface area (Å²) in [6, 6.07) is 11.3. The fourth-order valence-corrected chi connectivity index (χ4v) is 2.48. The van der Waals surface area contributed by atoms with E-state index in [-0.39, 0.29) is 5.92 Å². The summed E-state index contributed by atoms with van der Waals surface area (Å²) in [5.41, 5.74) is 17.0. The molecule has 0 spiro atoms. The minimum absolute atomic E-state index is 0.218. The van der Waals surface area contributed by atoms with Gasteiger partial charge in [0.1, 0.15) is 6.29 Å². The average molecular weight is 224 g/mol. The Bertz CT molecular complexity index is 620. The zero-order chi connectivity index (χ0) is 12.0. The van der Waals surface area contributed by atoms with Crippen LogP contribution in [0.1, 0.15) is 17.0 Å². The van der Waals surface area contributed by atoms with Gasteiger partial charge in [-0.05, 0) is 46.5 Å². The predicted octanol–water partition coefficient (Wildman–Crippen LogP) is 2.16. The normalized spacial score (nSPS) is 16.4. The number of aldehydes is 1. The maximum Gasteiger partial charge on any atom is 0.131 e. The molecule has 0 radical (unpaired) electrons. The van der Waals surface area contributed by atoms with E-state index in [1.54, 1.807) is 0 Å². The molecule has 0 bridgehead atoms. The van der Waals surface area contributed by atoms with Gasteiger partial charge in [0.15, 0.2) is 0 Å². The first-order valence-corrected chi connectivity index (χ1v) is 5.45. The highest BCUT2D eigenvalue weighted by atomic mass is 16.1. The molecule has 17 heavy (non-hydrogen) atoms. The van der Waals surface area contributed by atoms with Crippen LogP contribution in [0.4, 0.5) is 11.4 Å². The van der Waals surface area contributed by atoms with Crippen molar-refractivity contribution in [2.45, 2.75) is 5.92 Å². The molecule has 1 atom stereocenters. The van der Waals surface area contributed by atoms with Gasteiger partial charge in [0.25, 0.3) is 0 Å². The standard InChI is InChI=1S/C14H12N2O/c15-8-2-4-11-12(5-8)10-3-1-9(16)6-13(10)14(11)7-17/h1-7,14H,15-16H2. The molecule has 1 aliphatic rings. The Labute approximate surface area is 99.1 Å². The molecule has 0 fully saturated rings. The zero-order valence-electron chi connectivity index (χ0n) is 9.18. The van der Waals surface area contributed by atoms with Crippen LogP contribution in [-0.4, -0.2) is 6.29 Å². The molecule has 0 saturated heterocycles. The molecule has 0 aliphatic heterocycles. The summed E-state index contributed by atoms with van der Waals surface area (Å²) in [5.74, 6) is -0.218. The summed E-state index contributed by atoms with van der Waals surface area (Å²) in [5, 5.41) is 0. The smallest absolute Gasteiger partial charge is 0.131 e. The van der Waals surface area contributed by atoms with Crippen molar-refractivity contribution in [2.24, 2.45) is 0 Å². The quantitative estimate of drug-likeness (QED) is 0.576. The summed E-state index contributed by atoms with van der Waals surface area (Å²) >= 11 is 0. The largest absolute Gasteiger partial charge is 0.399 e. The van der Waals surface area contributed by atoms with Gasteiger partial charge >= 0.3 is 0 Å². The Morgan fingerprint density at radius 2 is 1.59 bits per heavy atom. The number of rotatable bonds is 1. The first-order valence-electron chi connectivity index (χ1n) is 5.45. The van der Waals surface area contributed by atoms with Crippen LogP contribution in [0.15, 0.2) is 36.4 Å². The number of carbonyl (C=O) groups excluding carboxylic acids is 1. The third-order valence-corrected chi connectivity index (χ3v) is 3.25. The Morgan fingerprint density at radius 3 is 2.35 bits per heavy atom. The number of carbonyl (C=O) groups is 1. The van der Waals surface area contributed by atoms with E-state index in [1.807, 2.05) is 36.4 Å². The van der Waals surface area contributed by atoms with Gasteiger partial charge in [0.2, 0.25) is 0 Å². The van der Waals surface area contributed by atoms with Gasteiger partial charge in [-0.15, -0.1) is 0 Å². The minimum atomic E-state index is -0.218. The van der Waals surface area contributed by atoms with Crippen LogP contribution in [0.3, 0.4) is 0 Å². The van der Waals surface area contributed by atoms with E-state index in [0.29, 0.717) is 11.4 Å². The van der Waals surface area contributed by atoms with Crippen molar-refractivity contribution in [3.63, 3.8) is 0 Å². The van der Waals surface area contributed by atoms with Crippen LogP contribution in [0, 0.1) is 0 Å². The molecule has 0 heterocycles. The van der Waals surface area contributed by atoms with Crippen molar-refractivity contribution < 1.29 is 4.79 Å². The third kappa shape index (κ3) is 1.32. The molecule has 84 valence electrons. The molecule has 3 nitrogen and oxygen atoms in total. The van der Waals surface area contributed by atoms with E-state index < -0.39 is 0 Å². The fraction of sp³-hybridized carbons (Fsp3) is 0.0714. The maximum absolute atomic E-state index is 11.3. The molecular weight excluding hydrogens is 212 g/mol. The number of benzene rings is 2. The highest BCUT2D eigenvalue weighted by molar-refractivity contribution is 5.89. The van der Waals surface area contributed by atoms with E-state index in [4.69, 9.17) is 11.5 Å². The van der Waals surface area contributed by atoms with Crippen molar-refractivity contribution in [1.29, 1.82) is 0 Å². The molecule has 3 rings (SSSR count). The van der Waals surface area contributed by atoms with Gasteiger partial charge in [-0.25, -0.2) is 0 Å². The van der Waals surface area contributed by atoms with Crippen molar-refractivity contribution in [3.05, 3.63) is 47.5 Å². The highest BCUT2D eigenvalue weighted by Gasteiger charge is 2.28. The molecule has 4 N–H and O–H groups in total. The molecule has 0 amide bonds. The topological polar surface area (TPSA) is 69.1 Å². The van der Waals surface area contributed by atoms with E-state index in [0.717, 1.165) is 28.5 Å². The molecule has 0 saturated carbocycles. The van der Waals surface area contributed by atoms with E-state index in [9.17, 15) is 4.79 Å². The summed E-state index contributed by atoms with van der Waals surface area (Å²) in [6.45, 7) is 0. The van der Waals surface area contributed by atoms with Crippen LogP contribution >= 0.6 is 0 Å². The third-order valence-electron chi connectivity index (χ3n) is 3.25. The fourth-order valence-electron chi connectivity index (χ4n) is 2.48. The van der Waals surface area contributed by atoms with Crippen molar-refractivity contribution in [2.75, 3.05) is 11.5 Å². The van der Waals surface area contributed by atoms with Crippen LogP contribution in [0.2, 0.25) is 0 Å². The van der Waals surface area contributed by atoms with Crippen LogP contribution in [-0.2, 0) is 4.79 Å². The lowest BCUT2D eigenvalue weighted by Gasteiger charge is -2.05. The van der Waals surface area contributed by atoms with Gasteiger partial charge in [-0.2, -0.15) is 0 Å². The van der Waals surface area contributed by atoms with Gasteiger partial charge < -0.3 is 16.3 Å². The maximum atomic E-state index is 11.3. The Morgan fingerprint density at radius 1 is 0.882 bits per heavy atom. The number of nitrogen functional groups attached to an aromatic ring is 2. The molecule has 1 aliphatic carbocycles. The van der Waals surface area contributed by atoms with Crippen LogP contribution in [0.5, 0.6) is 0 Å². The number of hydrogen-bond donors (Lipinski definition) is 2. The summed E-state index contributed by atoms with van der Waals surface area (Å²) in [6.07, 6.45) is 0.959. The van der Waals surface area contributed by atoms with Gasteiger partial charge in [0.05, 0.1) is 5.92 Å². The van der Waals surface area contributed by atoms with E-state index >= 15 is 0 Å². The SMILES string of the molecule is Nc1ccc2c(c1)-c1ccc(N)cc1C2C=O. The Kier molecular flexibility index (Phi) is 1.95. The second-order valence-electron chi connectivity index (χ2n) is 4.31. The minimum Gasteiger partial charge on any atom is -0.399 e.